The lowest BCUT2D eigenvalue weighted by molar-refractivity contribution is -0.135. The molecule has 0 bridgehead atoms. The van der Waals surface area contributed by atoms with E-state index in [9.17, 15) is 14.4 Å². The first kappa shape index (κ1) is 15.6. The molecule has 7 heteroatoms. The van der Waals surface area contributed by atoms with Gasteiger partial charge in [-0.05, 0) is 39.9 Å². The highest BCUT2D eigenvalue weighted by molar-refractivity contribution is 9.10. The zero-order valence-electron chi connectivity index (χ0n) is 11.4. The molecule has 3 amide bonds. The van der Waals surface area contributed by atoms with Gasteiger partial charge in [-0.2, -0.15) is 0 Å². The second-order valence-electron chi connectivity index (χ2n) is 5.02. The van der Waals surface area contributed by atoms with Crippen LogP contribution in [0.4, 0.5) is 0 Å². The molecule has 1 aliphatic rings. The lowest BCUT2D eigenvalue weighted by Crippen LogP contribution is -2.40. The summed E-state index contributed by atoms with van der Waals surface area (Å²) in [6, 6.07) is 1.89. The molecule has 0 aromatic carbocycles. The van der Waals surface area contributed by atoms with Gasteiger partial charge in [-0.1, -0.05) is 0 Å². The lowest BCUT2D eigenvalue weighted by atomic mass is 9.93. The van der Waals surface area contributed by atoms with Gasteiger partial charge < -0.3 is 5.32 Å². The lowest BCUT2D eigenvalue weighted by Gasteiger charge is -2.20. The Morgan fingerprint density at radius 3 is 2.76 bits per heavy atom. The molecule has 0 aliphatic carbocycles. The maximum absolute atomic E-state index is 11.8. The Morgan fingerprint density at radius 2 is 2.10 bits per heavy atom. The number of halogens is 1. The quantitative estimate of drug-likeness (QED) is 0.771. The molecule has 1 saturated heterocycles. The molecule has 0 radical (unpaired) electrons. The van der Waals surface area contributed by atoms with Gasteiger partial charge in [0.05, 0.1) is 0 Å². The monoisotopic (exact) mass is 353 g/mol. The number of amides is 3. The number of aromatic nitrogens is 1. The summed E-state index contributed by atoms with van der Waals surface area (Å²) in [7, 11) is 0. The SMILES string of the molecule is O=C(CC1CC(=O)NC(=O)C1)NCCc1ccncc1Br. The fourth-order valence-electron chi connectivity index (χ4n) is 2.28. The molecule has 1 aromatic rings. The van der Waals surface area contributed by atoms with Crippen molar-refractivity contribution in [2.24, 2.45) is 5.92 Å². The molecular weight excluding hydrogens is 338 g/mol. The van der Waals surface area contributed by atoms with E-state index in [2.05, 4.69) is 31.5 Å². The standard InChI is InChI=1S/C14H16BrN3O3/c15-11-8-16-3-1-10(11)2-4-17-12(19)5-9-6-13(20)18-14(21)7-9/h1,3,8-9H,2,4-7H2,(H,17,19)(H,18,20,21). The van der Waals surface area contributed by atoms with Crippen LogP contribution in [0.1, 0.15) is 24.8 Å². The minimum Gasteiger partial charge on any atom is -0.356 e. The van der Waals surface area contributed by atoms with Crippen molar-refractivity contribution >= 4 is 33.7 Å². The molecule has 0 saturated carbocycles. The van der Waals surface area contributed by atoms with Crippen LogP contribution in [0, 0.1) is 5.92 Å². The Bertz CT molecular complexity index is 546. The van der Waals surface area contributed by atoms with E-state index in [0.29, 0.717) is 13.0 Å². The molecule has 1 aromatic heterocycles. The molecule has 0 spiro atoms. The highest BCUT2D eigenvalue weighted by Gasteiger charge is 2.26. The first-order valence-corrected chi connectivity index (χ1v) is 7.51. The summed E-state index contributed by atoms with van der Waals surface area (Å²) in [5, 5.41) is 5.04. The maximum atomic E-state index is 11.8. The van der Waals surface area contributed by atoms with E-state index in [1.807, 2.05) is 6.07 Å². The van der Waals surface area contributed by atoms with E-state index in [1.165, 1.54) is 0 Å². The van der Waals surface area contributed by atoms with Gasteiger partial charge in [-0.3, -0.25) is 24.7 Å². The number of imide groups is 1. The van der Waals surface area contributed by atoms with Crippen LogP contribution in [0.2, 0.25) is 0 Å². The predicted molar refractivity (Wildman–Crippen MR) is 79.1 cm³/mol. The maximum Gasteiger partial charge on any atom is 0.226 e. The van der Waals surface area contributed by atoms with E-state index in [0.717, 1.165) is 10.0 Å². The second kappa shape index (κ2) is 7.31. The number of hydrogen-bond donors (Lipinski definition) is 2. The summed E-state index contributed by atoms with van der Waals surface area (Å²) in [5.41, 5.74) is 1.07. The minimum atomic E-state index is -0.301. The highest BCUT2D eigenvalue weighted by atomic mass is 79.9. The zero-order valence-corrected chi connectivity index (χ0v) is 13.0. The normalized spacial score (nSPS) is 15.7. The van der Waals surface area contributed by atoms with Gasteiger partial charge in [0, 0.05) is 42.7 Å². The summed E-state index contributed by atoms with van der Waals surface area (Å²) < 4.78 is 0.911. The number of pyridine rings is 1. The Balaban J connectivity index is 1.74. The Kier molecular flexibility index (Phi) is 5.44. The van der Waals surface area contributed by atoms with Crippen molar-refractivity contribution in [2.75, 3.05) is 6.54 Å². The van der Waals surface area contributed by atoms with Crippen LogP contribution < -0.4 is 10.6 Å². The molecule has 2 heterocycles. The smallest absolute Gasteiger partial charge is 0.226 e. The van der Waals surface area contributed by atoms with E-state index in [4.69, 9.17) is 0 Å². The molecule has 2 rings (SSSR count). The highest BCUT2D eigenvalue weighted by Crippen LogP contribution is 2.17. The van der Waals surface area contributed by atoms with Gasteiger partial charge >= 0.3 is 0 Å². The fourth-order valence-corrected chi connectivity index (χ4v) is 2.72. The third kappa shape index (κ3) is 4.93. The molecule has 6 nitrogen and oxygen atoms in total. The molecule has 1 aliphatic heterocycles. The summed E-state index contributed by atoms with van der Waals surface area (Å²) in [6.07, 6.45) is 4.78. The number of carbonyl (C=O) groups is 3. The van der Waals surface area contributed by atoms with Crippen LogP contribution in [0.15, 0.2) is 22.9 Å². The predicted octanol–water partition coefficient (Wildman–Crippen LogP) is 0.946. The van der Waals surface area contributed by atoms with E-state index in [1.54, 1.807) is 12.4 Å². The number of piperidine rings is 1. The van der Waals surface area contributed by atoms with E-state index >= 15 is 0 Å². The van der Waals surface area contributed by atoms with Gasteiger partial charge in [0.25, 0.3) is 0 Å². The molecule has 112 valence electrons. The van der Waals surface area contributed by atoms with Crippen LogP contribution in [-0.2, 0) is 20.8 Å². The largest absolute Gasteiger partial charge is 0.356 e. The van der Waals surface area contributed by atoms with Crippen LogP contribution in [0.25, 0.3) is 0 Å². The van der Waals surface area contributed by atoms with E-state index < -0.39 is 0 Å². The summed E-state index contributed by atoms with van der Waals surface area (Å²) in [4.78, 5) is 38.3. The van der Waals surface area contributed by atoms with Crippen LogP contribution in [-0.4, -0.2) is 29.3 Å². The molecule has 1 fully saturated rings. The zero-order chi connectivity index (χ0) is 15.2. The van der Waals surface area contributed by atoms with Crippen molar-refractivity contribution in [1.29, 1.82) is 0 Å². The number of nitrogens with one attached hydrogen (secondary N) is 2. The van der Waals surface area contributed by atoms with Gasteiger partial charge in [0.1, 0.15) is 0 Å². The van der Waals surface area contributed by atoms with Crippen LogP contribution in [0.5, 0.6) is 0 Å². The average molecular weight is 354 g/mol. The third-order valence-corrected chi connectivity index (χ3v) is 3.99. The first-order valence-electron chi connectivity index (χ1n) is 6.72. The van der Waals surface area contributed by atoms with Crippen molar-refractivity contribution in [3.8, 4) is 0 Å². The molecular formula is C14H16BrN3O3. The first-order chi connectivity index (χ1) is 10.0. The number of nitrogens with zero attached hydrogens (tertiary/aromatic N) is 1. The van der Waals surface area contributed by atoms with Gasteiger partial charge in [-0.25, -0.2) is 0 Å². The topological polar surface area (TPSA) is 88.2 Å². The van der Waals surface area contributed by atoms with Crippen molar-refractivity contribution in [3.05, 3.63) is 28.5 Å². The number of hydrogen-bond acceptors (Lipinski definition) is 4. The van der Waals surface area contributed by atoms with Gasteiger partial charge in [0.2, 0.25) is 17.7 Å². The number of carbonyl (C=O) groups excluding carboxylic acids is 3. The Morgan fingerprint density at radius 1 is 1.38 bits per heavy atom. The Labute approximate surface area is 130 Å². The molecule has 0 atom stereocenters. The summed E-state index contributed by atoms with van der Waals surface area (Å²) >= 11 is 3.40. The Hall–Kier alpha value is -1.76. The third-order valence-electron chi connectivity index (χ3n) is 3.27. The van der Waals surface area contributed by atoms with Gasteiger partial charge in [-0.15, -0.1) is 0 Å². The summed E-state index contributed by atoms with van der Waals surface area (Å²) in [5.74, 6) is -0.930. The average Bonchev–Trinajstić information content (AvgIpc) is 2.39. The van der Waals surface area contributed by atoms with Crippen molar-refractivity contribution < 1.29 is 14.4 Å². The second-order valence-corrected chi connectivity index (χ2v) is 5.87. The van der Waals surface area contributed by atoms with Crippen LogP contribution in [0.3, 0.4) is 0 Å². The van der Waals surface area contributed by atoms with Crippen molar-refractivity contribution in [2.45, 2.75) is 25.7 Å². The van der Waals surface area contributed by atoms with E-state index in [-0.39, 0.29) is 42.9 Å². The fraction of sp³-hybridized carbons (Fsp3) is 0.429. The van der Waals surface area contributed by atoms with Crippen LogP contribution >= 0.6 is 15.9 Å². The molecule has 2 N–H and O–H groups in total. The van der Waals surface area contributed by atoms with Gasteiger partial charge in [0.15, 0.2) is 0 Å². The number of rotatable bonds is 5. The van der Waals surface area contributed by atoms with Crippen molar-refractivity contribution in [3.63, 3.8) is 0 Å². The molecule has 0 unspecified atom stereocenters. The summed E-state index contributed by atoms with van der Waals surface area (Å²) in [6.45, 7) is 0.508. The minimum absolute atomic E-state index is 0.132. The molecule has 21 heavy (non-hydrogen) atoms. The van der Waals surface area contributed by atoms with Crippen molar-refractivity contribution in [1.82, 2.24) is 15.6 Å².